The van der Waals surface area contributed by atoms with Gasteiger partial charge in [-0.05, 0) is 43.4 Å². The van der Waals surface area contributed by atoms with E-state index in [1.54, 1.807) is 16.8 Å². The van der Waals surface area contributed by atoms with Crippen LogP contribution in [-0.2, 0) is 24.8 Å². The van der Waals surface area contributed by atoms with E-state index in [2.05, 4.69) is 17.1 Å². The van der Waals surface area contributed by atoms with Crippen LogP contribution in [0.5, 0.6) is 0 Å². The van der Waals surface area contributed by atoms with Gasteiger partial charge in [0.1, 0.15) is 16.9 Å². The predicted molar refractivity (Wildman–Crippen MR) is 185 cm³/mol. The third-order valence-electron chi connectivity index (χ3n) is 10.00. The van der Waals surface area contributed by atoms with Crippen LogP contribution in [0.3, 0.4) is 0 Å². The van der Waals surface area contributed by atoms with Crippen molar-refractivity contribution in [1.29, 1.82) is 0 Å². The fourth-order valence-corrected chi connectivity index (χ4v) is 8.32. The predicted octanol–water partition coefficient (Wildman–Crippen LogP) is 4.39. The molecule has 2 aromatic carbocycles. The first-order valence-electron chi connectivity index (χ1n) is 16.6. The van der Waals surface area contributed by atoms with Crippen molar-refractivity contribution in [3.05, 3.63) is 116 Å². The molecule has 2 atom stereocenters. The van der Waals surface area contributed by atoms with Crippen LogP contribution in [0.15, 0.2) is 84.0 Å². The fourth-order valence-electron chi connectivity index (χ4n) is 7.26. The third-order valence-corrected chi connectivity index (χ3v) is 11.1. The average molecular weight is 665 g/mol. The number of carbonyl (C=O) groups is 2. The topological polar surface area (TPSA) is 114 Å². The number of fused-ring (bicyclic) bond motifs is 1. The minimum Gasteiger partial charge on any atom is -0.388 e. The monoisotopic (exact) mass is 664 g/mol. The molecule has 5 aromatic rings. The summed E-state index contributed by atoms with van der Waals surface area (Å²) < 4.78 is 3.28. The van der Waals surface area contributed by atoms with E-state index in [1.807, 2.05) is 72.3 Å². The molecule has 2 aliphatic heterocycles. The number of likely N-dealkylation sites (tertiary alicyclic amines) is 2. The number of aromatic nitrogens is 4. The van der Waals surface area contributed by atoms with Crippen molar-refractivity contribution in [1.82, 2.24) is 28.9 Å². The zero-order valence-corrected chi connectivity index (χ0v) is 28.1. The van der Waals surface area contributed by atoms with Gasteiger partial charge in [0.25, 0.3) is 11.5 Å². The van der Waals surface area contributed by atoms with Gasteiger partial charge in [-0.15, -0.1) is 11.3 Å². The van der Waals surface area contributed by atoms with Gasteiger partial charge in [-0.3, -0.25) is 19.0 Å². The Morgan fingerprint density at radius 3 is 2.42 bits per heavy atom. The molecule has 2 amide bonds. The summed E-state index contributed by atoms with van der Waals surface area (Å²) in [5.74, 6) is -0.415. The van der Waals surface area contributed by atoms with Gasteiger partial charge in [-0.25, -0.2) is 9.97 Å². The summed E-state index contributed by atoms with van der Waals surface area (Å²) in [6, 6.07) is 21.9. The molecule has 11 heteroatoms. The van der Waals surface area contributed by atoms with Gasteiger partial charge in [-0.1, -0.05) is 60.7 Å². The van der Waals surface area contributed by atoms with Crippen LogP contribution in [0.1, 0.15) is 56.7 Å². The molecule has 248 valence electrons. The minimum atomic E-state index is -1.12. The maximum Gasteiger partial charge on any atom is 0.265 e. The van der Waals surface area contributed by atoms with Crippen LogP contribution < -0.4 is 5.56 Å². The number of aliphatic hydroxyl groups is 1. The normalized spacial score (nSPS) is 19.5. The first-order valence-corrected chi connectivity index (χ1v) is 17.4. The van der Waals surface area contributed by atoms with Crippen LogP contribution in [-0.4, -0.2) is 77.6 Å². The number of hydrogen-bond donors (Lipinski definition) is 1. The van der Waals surface area contributed by atoms with Crippen molar-refractivity contribution in [2.75, 3.05) is 26.2 Å². The van der Waals surface area contributed by atoms with Crippen LogP contribution in [0.4, 0.5) is 0 Å². The highest BCUT2D eigenvalue weighted by molar-refractivity contribution is 7.13. The maximum absolute atomic E-state index is 14.2. The first kappa shape index (κ1) is 32.0. The second-order valence-electron chi connectivity index (χ2n) is 13.2. The summed E-state index contributed by atoms with van der Waals surface area (Å²) in [4.78, 5) is 54.7. The van der Waals surface area contributed by atoms with E-state index in [4.69, 9.17) is 4.98 Å². The Labute approximate surface area is 283 Å². The molecule has 1 N–H and O–H groups in total. The molecule has 0 saturated carbocycles. The maximum atomic E-state index is 14.2. The van der Waals surface area contributed by atoms with Gasteiger partial charge in [0.15, 0.2) is 0 Å². The Hall–Kier alpha value is -4.61. The molecular weight excluding hydrogens is 625 g/mol. The Morgan fingerprint density at radius 2 is 1.69 bits per heavy atom. The molecule has 3 aromatic heterocycles. The molecule has 0 spiro atoms. The summed E-state index contributed by atoms with van der Waals surface area (Å²) in [5.41, 5.74) is 2.25. The van der Waals surface area contributed by atoms with Gasteiger partial charge >= 0.3 is 0 Å². The van der Waals surface area contributed by atoms with Crippen LogP contribution >= 0.6 is 11.3 Å². The summed E-state index contributed by atoms with van der Waals surface area (Å²) in [5, 5.41) is 12.9. The minimum absolute atomic E-state index is 0.0300. The number of aryl methyl sites for hydroxylation is 2. The number of hydrogen-bond acceptors (Lipinski definition) is 7. The Balaban J connectivity index is 1.04. The summed E-state index contributed by atoms with van der Waals surface area (Å²) in [6.45, 7) is 3.75. The molecule has 0 aliphatic carbocycles. The molecule has 48 heavy (non-hydrogen) atoms. The lowest BCUT2D eigenvalue weighted by molar-refractivity contribution is -0.142. The van der Waals surface area contributed by atoms with Crippen molar-refractivity contribution >= 4 is 34.2 Å². The Morgan fingerprint density at radius 1 is 0.979 bits per heavy atom. The molecular formula is C37H40N6O4S. The molecule has 2 aliphatic rings. The van der Waals surface area contributed by atoms with Crippen molar-refractivity contribution in [3.63, 3.8) is 0 Å². The largest absolute Gasteiger partial charge is 0.388 e. The molecule has 10 nitrogen and oxygen atoms in total. The SMILES string of the molecule is Cc1nc(Cc2ccccc2)sc1C(=O)N1CC[C@@H](C(=O)N2CCC(O)(Cn3cnc4c(ccn4C)c3=O)CC2)[C@H](c2ccccc2)C1. The average Bonchev–Trinajstić information content (AvgIpc) is 3.67. The zero-order chi connectivity index (χ0) is 33.4. The number of nitrogens with zero attached hydrogens (tertiary/aromatic N) is 6. The Kier molecular flexibility index (Phi) is 8.74. The van der Waals surface area contributed by atoms with Gasteiger partial charge < -0.3 is 19.5 Å². The molecule has 5 heterocycles. The smallest absolute Gasteiger partial charge is 0.265 e. The van der Waals surface area contributed by atoms with Gasteiger partial charge in [0, 0.05) is 57.7 Å². The fraction of sp³-hybridized carbons (Fsp3) is 0.378. The standard InChI is InChI=1S/C37H40N6O4S/c1-25-32(48-31(39-25)21-26-9-5-3-6-10-26)36(46)42-18-14-28(30(22-42)27-11-7-4-8-12-27)34(44)41-19-15-37(47,16-20-41)23-43-24-38-33-29(35(43)45)13-17-40(33)2/h3-13,17,24,28,30,47H,14-16,18-23H2,1-2H3/t28-,30+/m1/s1. The molecule has 2 fully saturated rings. The highest BCUT2D eigenvalue weighted by Gasteiger charge is 2.42. The Bertz CT molecular complexity index is 1990. The lowest BCUT2D eigenvalue weighted by Gasteiger charge is -2.43. The van der Waals surface area contributed by atoms with Gasteiger partial charge in [-0.2, -0.15) is 0 Å². The number of benzene rings is 2. The van der Waals surface area contributed by atoms with Crippen LogP contribution in [0.25, 0.3) is 11.0 Å². The third kappa shape index (κ3) is 6.32. The number of carbonyl (C=O) groups excluding carboxylic acids is 2. The summed E-state index contributed by atoms with van der Waals surface area (Å²) in [6.07, 6.45) is 5.26. The number of rotatable bonds is 7. The van der Waals surface area contributed by atoms with Crippen molar-refractivity contribution < 1.29 is 14.7 Å². The van der Waals surface area contributed by atoms with Crippen LogP contribution in [0, 0.1) is 12.8 Å². The summed E-state index contributed by atoms with van der Waals surface area (Å²) >= 11 is 1.46. The zero-order valence-electron chi connectivity index (χ0n) is 27.3. The molecule has 0 unspecified atom stereocenters. The van der Waals surface area contributed by atoms with E-state index in [0.717, 1.165) is 21.8 Å². The number of amides is 2. The van der Waals surface area contributed by atoms with Gasteiger partial charge in [0.2, 0.25) is 5.91 Å². The molecule has 2 saturated heterocycles. The lowest BCUT2D eigenvalue weighted by atomic mass is 9.79. The number of piperidine rings is 2. The van der Waals surface area contributed by atoms with Crippen molar-refractivity contribution in [2.24, 2.45) is 13.0 Å². The van der Waals surface area contributed by atoms with Crippen molar-refractivity contribution in [3.8, 4) is 0 Å². The van der Waals surface area contributed by atoms with Crippen molar-refractivity contribution in [2.45, 2.75) is 50.7 Å². The second kappa shape index (κ2) is 13.1. The highest BCUT2D eigenvalue weighted by atomic mass is 32.1. The van der Waals surface area contributed by atoms with Crippen LogP contribution in [0.2, 0.25) is 0 Å². The van der Waals surface area contributed by atoms with E-state index in [9.17, 15) is 19.5 Å². The highest BCUT2D eigenvalue weighted by Crippen LogP contribution is 2.37. The van der Waals surface area contributed by atoms with E-state index < -0.39 is 5.60 Å². The number of thiazole rings is 1. The lowest BCUT2D eigenvalue weighted by Crippen LogP contribution is -2.53. The van der Waals surface area contributed by atoms with E-state index in [0.29, 0.717) is 67.8 Å². The first-order chi connectivity index (χ1) is 23.2. The van der Waals surface area contributed by atoms with Gasteiger partial charge in [0.05, 0.1) is 28.2 Å². The van der Waals surface area contributed by atoms with E-state index in [-0.39, 0.29) is 35.8 Å². The molecule has 7 rings (SSSR count). The summed E-state index contributed by atoms with van der Waals surface area (Å²) in [7, 11) is 1.84. The quantitative estimate of drug-likeness (QED) is 0.276. The van der Waals surface area contributed by atoms with E-state index >= 15 is 0 Å². The van der Waals surface area contributed by atoms with E-state index in [1.165, 1.54) is 22.2 Å². The molecule has 0 bridgehead atoms. The molecule has 0 radical (unpaired) electrons. The second-order valence-corrected chi connectivity index (χ2v) is 14.3.